The molecular formula is C14H13N7S. The highest BCUT2D eigenvalue weighted by molar-refractivity contribution is 7.19. The molecule has 4 rings (SSSR count). The molecule has 110 valence electrons. The first-order valence-electron chi connectivity index (χ1n) is 6.90. The average Bonchev–Trinajstić information content (AvgIpc) is 3.22. The topological polar surface area (TPSA) is 84.7 Å². The van der Waals surface area contributed by atoms with E-state index >= 15 is 0 Å². The van der Waals surface area contributed by atoms with Crippen molar-refractivity contribution in [3.8, 4) is 22.1 Å². The van der Waals surface area contributed by atoms with Crippen LogP contribution < -0.4 is 0 Å². The number of aromatic nitrogens is 7. The van der Waals surface area contributed by atoms with E-state index in [9.17, 15) is 0 Å². The minimum absolute atomic E-state index is 0.382. The van der Waals surface area contributed by atoms with Crippen LogP contribution >= 0.6 is 11.3 Å². The Morgan fingerprint density at radius 1 is 1.18 bits per heavy atom. The minimum Gasteiger partial charge on any atom is -0.282 e. The highest BCUT2D eigenvalue weighted by Crippen LogP contribution is 2.27. The van der Waals surface area contributed by atoms with E-state index in [0.717, 1.165) is 26.9 Å². The minimum atomic E-state index is 0.382. The summed E-state index contributed by atoms with van der Waals surface area (Å²) in [5.41, 5.74) is 2.83. The second-order valence-electron chi connectivity index (χ2n) is 5.22. The smallest absolute Gasteiger partial charge is 0.235 e. The van der Waals surface area contributed by atoms with Crippen LogP contribution in [-0.4, -0.2) is 35.0 Å². The third kappa shape index (κ3) is 2.08. The van der Waals surface area contributed by atoms with Crippen LogP contribution in [0.25, 0.3) is 27.1 Å². The van der Waals surface area contributed by atoms with Gasteiger partial charge in [-0.05, 0) is 24.1 Å². The molecule has 4 aromatic heterocycles. The largest absolute Gasteiger partial charge is 0.282 e. The van der Waals surface area contributed by atoms with Crippen molar-refractivity contribution in [2.45, 2.75) is 19.8 Å². The van der Waals surface area contributed by atoms with E-state index in [1.54, 1.807) is 16.9 Å². The molecule has 4 aromatic rings. The summed E-state index contributed by atoms with van der Waals surface area (Å²) in [6.07, 6.45) is 3.50. The summed E-state index contributed by atoms with van der Waals surface area (Å²) in [7, 11) is 0. The Morgan fingerprint density at radius 3 is 2.73 bits per heavy atom. The van der Waals surface area contributed by atoms with Crippen LogP contribution in [0.4, 0.5) is 0 Å². The molecule has 0 aromatic carbocycles. The number of rotatable bonds is 3. The van der Waals surface area contributed by atoms with Crippen molar-refractivity contribution in [1.82, 2.24) is 35.0 Å². The summed E-state index contributed by atoms with van der Waals surface area (Å²) in [5.74, 6) is 1.03. The summed E-state index contributed by atoms with van der Waals surface area (Å²) >= 11 is 1.49. The number of H-pyrrole nitrogens is 1. The predicted octanol–water partition coefficient (Wildman–Crippen LogP) is 2.76. The lowest BCUT2D eigenvalue weighted by Gasteiger charge is -1.96. The Balaban J connectivity index is 1.80. The Bertz CT molecular complexity index is 919. The molecule has 0 radical (unpaired) electrons. The van der Waals surface area contributed by atoms with Gasteiger partial charge in [-0.2, -0.15) is 14.7 Å². The van der Waals surface area contributed by atoms with Gasteiger partial charge in [-0.3, -0.25) is 10.1 Å². The zero-order valence-electron chi connectivity index (χ0n) is 12.1. The van der Waals surface area contributed by atoms with Gasteiger partial charge < -0.3 is 0 Å². The van der Waals surface area contributed by atoms with E-state index < -0.39 is 0 Å². The summed E-state index contributed by atoms with van der Waals surface area (Å²) in [6.45, 7) is 4.22. The highest BCUT2D eigenvalue weighted by atomic mass is 32.1. The third-order valence-corrected chi connectivity index (χ3v) is 4.31. The summed E-state index contributed by atoms with van der Waals surface area (Å²) < 4.78 is 1.74. The van der Waals surface area contributed by atoms with Crippen LogP contribution in [0.3, 0.4) is 0 Å². The van der Waals surface area contributed by atoms with Crippen LogP contribution in [0, 0.1) is 0 Å². The van der Waals surface area contributed by atoms with Gasteiger partial charge in [0.15, 0.2) is 0 Å². The normalized spacial score (nSPS) is 11.6. The van der Waals surface area contributed by atoms with Gasteiger partial charge in [0.1, 0.15) is 10.7 Å². The first-order chi connectivity index (χ1) is 10.7. The fourth-order valence-corrected chi connectivity index (χ4v) is 2.98. The van der Waals surface area contributed by atoms with Gasteiger partial charge in [0.25, 0.3) is 0 Å². The number of hydrogen-bond donors (Lipinski definition) is 1. The van der Waals surface area contributed by atoms with E-state index in [1.165, 1.54) is 11.3 Å². The maximum absolute atomic E-state index is 4.60. The average molecular weight is 311 g/mol. The van der Waals surface area contributed by atoms with Crippen molar-refractivity contribution in [2.75, 3.05) is 0 Å². The van der Waals surface area contributed by atoms with Crippen molar-refractivity contribution in [3.05, 3.63) is 36.3 Å². The van der Waals surface area contributed by atoms with E-state index in [-0.39, 0.29) is 0 Å². The Morgan fingerprint density at radius 2 is 2.00 bits per heavy atom. The van der Waals surface area contributed by atoms with Gasteiger partial charge in [0.05, 0.1) is 0 Å². The van der Waals surface area contributed by atoms with E-state index in [1.807, 2.05) is 18.2 Å². The van der Waals surface area contributed by atoms with Crippen molar-refractivity contribution in [1.29, 1.82) is 0 Å². The lowest BCUT2D eigenvalue weighted by molar-refractivity contribution is 0.810. The SMILES string of the molecule is CC(C)c1cc(-c2nnc3sc(-c4ccncc4)nn23)n[nH]1. The molecule has 0 aliphatic rings. The molecule has 0 saturated carbocycles. The standard InChI is InChI=1S/C14H13N7S/c1-8(2)10-7-11(17-16-10)12-18-19-14-21(12)20-13(22-14)9-3-5-15-6-4-9/h3-8H,1-2H3,(H,16,17). The van der Waals surface area contributed by atoms with Gasteiger partial charge in [0, 0.05) is 23.7 Å². The van der Waals surface area contributed by atoms with Crippen molar-refractivity contribution in [3.63, 3.8) is 0 Å². The predicted molar refractivity (Wildman–Crippen MR) is 83.6 cm³/mol. The van der Waals surface area contributed by atoms with Crippen molar-refractivity contribution < 1.29 is 0 Å². The number of nitrogens with one attached hydrogen (secondary N) is 1. The van der Waals surface area contributed by atoms with Crippen LogP contribution in [0.15, 0.2) is 30.6 Å². The molecule has 0 fully saturated rings. The molecule has 1 N–H and O–H groups in total. The molecule has 4 heterocycles. The Labute approximate surface area is 130 Å². The quantitative estimate of drug-likeness (QED) is 0.629. The maximum Gasteiger partial charge on any atom is 0.235 e. The Hall–Kier alpha value is -2.61. The molecule has 7 nitrogen and oxygen atoms in total. The Kier molecular flexibility index (Phi) is 2.97. The van der Waals surface area contributed by atoms with Crippen molar-refractivity contribution in [2.24, 2.45) is 0 Å². The second-order valence-corrected chi connectivity index (χ2v) is 6.18. The van der Waals surface area contributed by atoms with E-state index in [0.29, 0.717) is 11.7 Å². The van der Waals surface area contributed by atoms with E-state index in [2.05, 4.69) is 44.3 Å². The highest BCUT2D eigenvalue weighted by Gasteiger charge is 2.17. The van der Waals surface area contributed by atoms with Crippen molar-refractivity contribution >= 4 is 16.3 Å². The monoisotopic (exact) mass is 311 g/mol. The third-order valence-electron chi connectivity index (χ3n) is 3.37. The maximum atomic E-state index is 4.60. The fraction of sp³-hybridized carbons (Fsp3) is 0.214. The number of hydrogen-bond acceptors (Lipinski definition) is 6. The van der Waals surface area contributed by atoms with Crippen LogP contribution in [0.5, 0.6) is 0 Å². The molecule has 0 amide bonds. The molecule has 22 heavy (non-hydrogen) atoms. The molecule has 8 heteroatoms. The second kappa shape index (κ2) is 4.99. The number of pyridine rings is 1. The molecule has 0 bridgehead atoms. The van der Waals surface area contributed by atoms with Gasteiger partial charge >= 0.3 is 0 Å². The lowest BCUT2D eigenvalue weighted by Crippen LogP contribution is -1.91. The van der Waals surface area contributed by atoms with Gasteiger partial charge in [0.2, 0.25) is 10.8 Å². The first kappa shape index (κ1) is 13.1. The molecule has 0 atom stereocenters. The first-order valence-corrected chi connectivity index (χ1v) is 7.72. The molecule has 0 unspecified atom stereocenters. The zero-order chi connectivity index (χ0) is 15.1. The lowest BCUT2D eigenvalue weighted by atomic mass is 10.1. The van der Waals surface area contributed by atoms with Gasteiger partial charge in [-0.1, -0.05) is 25.2 Å². The van der Waals surface area contributed by atoms with Crippen LogP contribution in [-0.2, 0) is 0 Å². The molecule has 0 saturated heterocycles. The molecule has 0 aliphatic heterocycles. The summed E-state index contributed by atoms with van der Waals surface area (Å²) in [4.78, 5) is 4.77. The number of aromatic amines is 1. The number of nitrogens with zero attached hydrogens (tertiary/aromatic N) is 6. The molecular weight excluding hydrogens is 298 g/mol. The zero-order valence-corrected chi connectivity index (χ0v) is 12.9. The molecule has 0 aliphatic carbocycles. The summed E-state index contributed by atoms with van der Waals surface area (Å²) in [5, 5.41) is 21.2. The summed E-state index contributed by atoms with van der Waals surface area (Å²) in [6, 6.07) is 5.85. The van der Waals surface area contributed by atoms with Crippen LogP contribution in [0.2, 0.25) is 0 Å². The van der Waals surface area contributed by atoms with Crippen LogP contribution in [0.1, 0.15) is 25.5 Å². The van der Waals surface area contributed by atoms with Gasteiger partial charge in [-0.25, -0.2) is 0 Å². The van der Waals surface area contributed by atoms with Gasteiger partial charge in [-0.15, -0.1) is 10.2 Å². The van der Waals surface area contributed by atoms with E-state index in [4.69, 9.17) is 0 Å². The number of fused-ring (bicyclic) bond motifs is 1. The molecule has 0 spiro atoms. The fourth-order valence-electron chi connectivity index (χ4n) is 2.13.